The Balaban J connectivity index is 2.93. The van der Waals surface area contributed by atoms with E-state index in [2.05, 4.69) is 13.8 Å². The summed E-state index contributed by atoms with van der Waals surface area (Å²) in [6.07, 6.45) is -1.25. The molecule has 1 aromatic rings. The van der Waals surface area contributed by atoms with Crippen LogP contribution in [0.3, 0.4) is 0 Å². The van der Waals surface area contributed by atoms with Crippen LogP contribution in [0.1, 0.15) is 43.4 Å². The third-order valence-corrected chi connectivity index (χ3v) is 2.92. The van der Waals surface area contributed by atoms with Gasteiger partial charge in [-0.1, -0.05) is 38.1 Å². The minimum absolute atomic E-state index is 0.328. The van der Waals surface area contributed by atoms with Gasteiger partial charge in [0.1, 0.15) is 6.10 Å². The summed E-state index contributed by atoms with van der Waals surface area (Å²) >= 11 is 5.56. The second-order valence-electron chi connectivity index (χ2n) is 4.27. The Labute approximate surface area is 102 Å². The van der Waals surface area contributed by atoms with Crippen LogP contribution >= 0.6 is 11.6 Å². The molecule has 0 aliphatic carbocycles. The largest absolute Gasteiger partial charge is 0.390 e. The van der Waals surface area contributed by atoms with E-state index >= 15 is 0 Å². The molecule has 90 valence electrons. The Hall–Kier alpha value is -0.570. The summed E-state index contributed by atoms with van der Waals surface area (Å²) < 4.78 is 0. The van der Waals surface area contributed by atoms with Crippen molar-refractivity contribution < 1.29 is 10.2 Å². The molecule has 0 spiro atoms. The Morgan fingerprint density at radius 1 is 1.12 bits per heavy atom. The number of halogens is 1. The Morgan fingerprint density at radius 2 is 1.69 bits per heavy atom. The predicted octanol–water partition coefficient (Wildman–Crippen LogP) is 2.83. The molecule has 0 aliphatic heterocycles. The average Bonchev–Trinajstić information content (AvgIpc) is 2.28. The van der Waals surface area contributed by atoms with E-state index in [1.54, 1.807) is 0 Å². The Morgan fingerprint density at radius 3 is 2.19 bits per heavy atom. The maximum Gasteiger partial charge on any atom is 0.105 e. The molecule has 0 fully saturated rings. The zero-order valence-corrected chi connectivity index (χ0v) is 10.5. The molecule has 2 N–H and O–H groups in total. The number of hydrogen-bond donors (Lipinski definition) is 2. The number of hydrogen-bond acceptors (Lipinski definition) is 2. The van der Waals surface area contributed by atoms with E-state index in [0.717, 1.165) is 11.1 Å². The van der Waals surface area contributed by atoms with E-state index in [4.69, 9.17) is 11.6 Å². The van der Waals surface area contributed by atoms with Crippen LogP contribution in [-0.2, 0) is 0 Å². The van der Waals surface area contributed by atoms with Gasteiger partial charge in [-0.05, 0) is 23.5 Å². The quantitative estimate of drug-likeness (QED) is 0.780. The van der Waals surface area contributed by atoms with Crippen molar-refractivity contribution in [1.29, 1.82) is 0 Å². The van der Waals surface area contributed by atoms with Gasteiger partial charge in [-0.3, -0.25) is 0 Å². The maximum absolute atomic E-state index is 10.0. The summed E-state index contributed by atoms with van der Waals surface area (Å²) in [6.45, 7) is 4.14. The lowest BCUT2D eigenvalue weighted by Gasteiger charge is -2.21. The van der Waals surface area contributed by atoms with Crippen LogP contribution in [0.15, 0.2) is 24.3 Å². The van der Waals surface area contributed by atoms with Gasteiger partial charge in [0.15, 0.2) is 0 Å². The minimum atomic E-state index is -0.850. The zero-order chi connectivity index (χ0) is 12.1. The molecule has 3 heteroatoms. The third-order valence-electron chi connectivity index (χ3n) is 2.71. The molecule has 0 radical (unpaired) electrons. The second kappa shape index (κ2) is 6.24. The average molecular weight is 243 g/mol. The first-order valence-electron chi connectivity index (χ1n) is 5.58. The van der Waals surface area contributed by atoms with Gasteiger partial charge >= 0.3 is 0 Å². The van der Waals surface area contributed by atoms with E-state index < -0.39 is 12.2 Å². The maximum atomic E-state index is 10.0. The van der Waals surface area contributed by atoms with E-state index in [-0.39, 0.29) is 0 Å². The normalized spacial score (nSPS) is 15.1. The first-order chi connectivity index (χ1) is 7.57. The second-order valence-corrected chi connectivity index (χ2v) is 4.65. The highest BCUT2D eigenvalue weighted by atomic mass is 35.5. The van der Waals surface area contributed by atoms with Gasteiger partial charge in [0, 0.05) is 5.88 Å². The van der Waals surface area contributed by atoms with Gasteiger partial charge in [-0.2, -0.15) is 0 Å². The summed E-state index contributed by atoms with van der Waals surface area (Å²) in [6, 6.07) is 7.66. The van der Waals surface area contributed by atoms with Gasteiger partial charge in [0.05, 0.1) is 6.10 Å². The van der Waals surface area contributed by atoms with E-state index in [9.17, 15) is 10.2 Å². The fourth-order valence-corrected chi connectivity index (χ4v) is 2.01. The van der Waals surface area contributed by atoms with Crippen molar-refractivity contribution in [1.82, 2.24) is 0 Å². The molecule has 1 rings (SSSR count). The smallest absolute Gasteiger partial charge is 0.105 e. The van der Waals surface area contributed by atoms with E-state index in [0.29, 0.717) is 18.2 Å². The molecule has 0 heterocycles. The molecule has 0 aliphatic rings. The lowest BCUT2D eigenvalue weighted by molar-refractivity contribution is 0.0163. The van der Waals surface area contributed by atoms with Crippen molar-refractivity contribution in [2.75, 3.05) is 5.88 Å². The molecule has 0 saturated carbocycles. The van der Waals surface area contributed by atoms with Crippen molar-refractivity contribution >= 4 is 11.6 Å². The topological polar surface area (TPSA) is 40.5 Å². The van der Waals surface area contributed by atoms with Gasteiger partial charge < -0.3 is 10.2 Å². The molecule has 0 saturated heterocycles. The minimum Gasteiger partial charge on any atom is -0.390 e. The summed E-state index contributed by atoms with van der Waals surface area (Å²) in [4.78, 5) is 0. The molecule has 2 nitrogen and oxygen atoms in total. The van der Waals surface area contributed by atoms with Crippen molar-refractivity contribution in [3.8, 4) is 0 Å². The van der Waals surface area contributed by atoms with Crippen LogP contribution in [0, 0.1) is 0 Å². The molecule has 2 atom stereocenters. The number of rotatable bonds is 5. The summed E-state index contributed by atoms with van der Waals surface area (Å²) in [5, 5.41) is 19.8. The SMILES string of the molecule is CC(C)c1ccccc1C(O)C(O)CCCl. The number of aliphatic hydroxyl groups excluding tert-OH is 2. The van der Waals surface area contributed by atoms with Gasteiger partial charge in [0.2, 0.25) is 0 Å². The fraction of sp³-hybridized carbons (Fsp3) is 0.538. The molecule has 0 aromatic heterocycles. The Kier molecular flexibility index (Phi) is 5.26. The monoisotopic (exact) mass is 242 g/mol. The van der Waals surface area contributed by atoms with Crippen LogP contribution in [-0.4, -0.2) is 22.2 Å². The molecular formula is C13H19ClO2. The van der Waals surface area contributed by atoms with Crippen LogP contribution < -0.4 is 0 Å². The van der Waals surface area contributed by atoms with Crippen molar-refractivity contribution in [2.24, 2.45) is 0 Å². The van der Waals surface area contributed by atoms with Crippen LogP contribution in [0.4, 0.5) is 0 Å². The lowest BCUT2D eigenvalue weighted by Crippen LogP contribution is -2.20. The van der Waals surface area contributed by atoms with Crippen LogP contribution in [0.5, 0.6) is 0 Å². The molecule has 2 unspecified atom stereocenters. The first-order valence-corrected chi connectivity index (χ1v) is 6.12. The summed E-state index contributed by atoms with van der Waals surface area (Å²) in [7, 11) is 0. The van der Waals surface area contributed by atoms with Gasteiger partial charge in [-0.25, -0.2) is 0 Å². The zero-order valence-electron chi connectivity index (χ0n) is 9.73. The Bertz CT molecular complexity index is 325. The van der Waals surface area contributed by atoms with E-state index in [1.165, 1.54) is 0 Å². The molecule has 16 heavy (non-hydrogen) atoms. The van der Waals surface area contributed by atoms with Gasteiger partial charge in [-0.15, -0.1) is 11.6 Å². The highest BCUT2D eigenvalue weighted by Crippen LogP contribution is 2.27. The van der Waals surface area contributed by atoms with Crippen molar-refractivity contribution in [2.45, 2.75) is 38.4 Å². The molecule has 0 amide bonds. The molecular weight excluding hydrogens is 224 g/mol. The van der Waals surface area contributed by atoms with Crippen LogP contribution in [0.25, 0.3) is 0 Å². The third kappa shape index (κ3) is 3.21. The number of aliphatic hydroxyl groups is 2. The van der Waals surface area contributed by atoms with Crippen LogP contribution in [0.2, 0.25) is 0 Å². The first kappa shape index (κ1) is 13.5. The number of benzene rings is 1. The highest BCUT2D eigenvalue weighted by Gasteiger charge is 2.21. The predicted molar refractivity (Wildman–Crippen MR) is 66.8 cm³/mol. The summed E-state index contributed by atoms with van der Waals surface area (Å²) in [5.41, 5.74) is 1.87. The lowest BCUT2D eigenvalue weighted by atomic mass is 9.91. The molecule has 0 bridgehead atoms. The highest BCUT2D eigenvalue weighted by molar-refractivity contribution is 6.17. The summed E-state index contributed by atoms with van der Waals surface area (Å²) in [5.74, 6) is 0.677. The van der Waals surface area contributed by atoms with Gasteiger partial charge in [0.25, 0.3) is 0 Å². The fourth-order valence-electron chi connectivity index (χ4n) is 1.78. The van der Waals surface area contributed by atoms with E-state index in [1.807, 2.05) is 24.3 Å². The molecule has 1 aromatic carbocycles. The number of alkyl halides is 1. The standard InChI is InChI=1S/C13H19ClO2/c1-9(2)10-5-3-4-6-11(10)13(16)12(15)7-8-14/h3-6,9,12-13,15-16H,7-8H2,1-2H3. The van der Waals surface area contributed by atoms with Crippen molar-refractivity contribution in [3.63, 3.8) is 0 Å². The van der Waals surface area contributed by atoms with Crippen molar-refractivity contribution in [3.05, 3.63) is 35.4 Å².